The molecular weight excluding hydrogens is 269 g/mol. The fraction of sp³-hybridized carbons (Fsp3) is 0.538. The minimum atomic E-state index is -3.73. The molecule has 1 fully saturated rings. The second kappa shape index (κ2) is 5.56. The van der Waals surface area contributed by atoms with Crippen LogP contribution in [-0.2, 0) is 10.0 Å². The summed E-state index contributed by atoms with van der Waals surface area (Å²) in [5.41, 5.74) is 0.413. The molecule has 0 spiro atoms. The van der Waals surface area contributed by atoms with Gasteiger partial charge in [0.1, 0.15) is 5.82 Å². The van der Waals surface area contributed by atoms with E-state index in [0.717, 1.165) is 25.3 Å². The van der Waals surface area contributed by atoms with Gasteiger partial charge in [-0.15, -0.1) is 0 Å². The van der Waals surface area contributed by atoms with Crippen molar-refractivity contribution >= 4 is 10.0 Å². The molecule has 0 heterocycles. The first-order chi connectivity index (χ1) is 8.96. The SMILES string of the molecule is Cc1ccc(S(=O)(=O)N(CCO)C2CCC2)cc1F. The summed E-state index contributed by atoms with van der Waals surface area (Å²) in [5, 5.41) is 9.03. The van der Waals surface area contributed by atoms with E-state index in [9.17, 15) is 12.8 Å². The van der Waals surface area contributed by atoms with Crippen molar-refractivity contribution in [1.29, 1.82) is 0 Å². The van der Waals surface area contributed by atoms with E-state index in [1.807, 2.05) is 0 Å². The molecule has 0 radical (unpaired) electrons. The van der Waals surface area contributed by atoms with Crippen molar-refractivity contribution in [2.45, 2.75) is 37.1 Å². The molecule has 0 unspecified atom stereocenters. The van der Waals surface area contributed by atoms with Crippen LogP contribution in [0.5, 0.6) is 0 Å². The standard InChI is InChI=1S/C13H18FNO3S/c1-10-5-6-12(9-13(10)14)19(17,18)15(7-8-16)11-3-2-4-11/h5-6,9,11,16H,2-4,7-8H2,1H3. The van der Waals surface area contributed by atoms with Gasteiger partial charge >= 0.3 is 0 Å². The number of nitrogens with zero attached hydrogens (tertiary/aromatic N) is 1. The van der Waals surface area contributed by atoms with E-state index in [4.69, 9.17) is 5.11 Å². The van der Waals surface area contributed by atoms with Gasteiger partial charge in [0.25, 0.3) is 0 Å². The van der Waals surface area contributed by atoms with Gasteiger partial charge in [-0.1, -0.05) is 12.5 Å². The van der Waals surface area contributed by atoms with Crippen LogP contribution in [0.3, 0.4) is 0 Å². The lowest BCUT2D eigenvalue weighted by atomic mass is 9.93. The van der Waals surface area contributed by atoms with E-state index in [0.29, 0.717) is 5.56 Å². The van der Waals surface area contributed by atoms with Gasteiger partial charge in [0.05, 0.1) is 11.5 Å². The predicted octanol–water partition coefficient (Wildman–Crippen LogP) is 1.67. The Morgan fingerprint density at radius 2 is 2.11 bits per heavy atom. The van der Waals surface area contributed by atoms with Crippen LogP contribution in [0.2, 0.25) is 0 Å². The molecule has 0 aliphatic heterocycles. The maximum Gasteiger partial charge on any atom is 0.243 e. The molecule has 1 aromatic carbocycles. The van der Waals surface area contributed by atoms with E-state index in [1.54, 1.807) is 6.92 Å². The monoisotopic (exact) mass is 287 g/mol. The Balaban J connectivity index is 2.35. The molecule has 1 saturated carbocycles. The molecule has 2 rings (SSSR count). The first-order valence-corrected chi connectivity index (χ1v) is 7.79. The Morgan fingerprint density at radius 3 is 2.58 bits per heavy atom. The molecular formula is C13H18FNO3S. The third-order valence-electron chi connectivity index (χ3n) is 3.55. The molecule has 1 N–H and O–H groups in total. The molecule has 0 atom stereocenters. The first kappa shape index (κ1) is 14.4. The van der Waals surface area contributed by atoms with Gasteiger partial charge in [0.2, 0.25) is 10.0 Å². The van der Waals surface area contributed by atoms with E-state index < -0.39 is 15.8 Å². The van der Waals surface area contributed by atoms with Crippen LogP contribution in [0, 0.1) is 12.7 Å². The zero-order chi connectivity index (χ0) is 14.0. The van der Waals surface area contributed by atoms with Gasteiger partial charge in [-0.05, 0) is 37.5 Å². The van der Waals surface area contributed by atoms with Crippen LogP contribution in [0.4, 0.5) is 4.39 Å². The molecule has 0 saturated heterocycles. The highest BCUT2D eigenvalue weighted by Crippen LogP contribution is 2.30. The quantitative estimate of drug-likeness (QED) is 0.896. The number of sulfonamides is 1. The maximum atomic E-state index is 13.5. The van der Waals surface area contributed by atoms with Crippen molar-refractivity contribution in [3.8, 4) is 0 Å². The predicted molar refractivity (Wildman–Crippen MR) is 69.8 cm³/mol. The van der Waals surface area contributed by atoms with E-state index in [-0.39, 0.29) is 24.1 Å². The van der Waals surface area contributed by atoms with E-state index in [2.05, 4.69) is 0 Å². The van der Waals surface area contributed by atoms with Gasteiger partial charge in [-0.25, -0.2) is 12.8 Å². The summed E-state index contributed by atoms with van der Waals surface area (Å²) >= 11 is 0. The van der Waals surface area contributed by atoms with Crippen LogP contribution in [0.1, 0.15) is 24.8 Å². The van der Waals surface area contributed by atoms with Crippen molar-refractivity contribution < 1.29 is 17.9 Å². The average molecular weight is 287 g/mol. The molecule has 1 aliphatic rings. The van der Waals surface area contributed by atoms with Crippen molar-refractivity contribution in [2.24, 2.45) is 0 Å². The molecule has 19 heavy (non-hydrogen) atoms. The number of aliphatic hydroxyl groups excluding tert-OH is 1. The van der Waals surface area contributed by atoms with Crippen LogP contribution in [0.25, 0.3) is 0 Å². The Labute approximate surface area is 112 Å². The fourth-order valence-corrected chi connectivity index (χ4v) is 3.83. The molecule has 4 nitrogen and oxygen atoms in total. The highest BCUT2D eigenvalue weighted by Gasteiger charge is 2.34. The van der Waals surface area contributed by atoms with Crippen molar-refractivity contribution in [3.05, 3.63) is 29.6 Å². The maximum absolute atomic E-state index is 13.5. The highest BCUT2D eigenvalue weighted by atomic mass is 32.2. The molecule has 106 valence electrons. The molecule has 1 aliphatic carbocycles. The summed E-state index contributed by atoms with van der Waals surface area (Å²) in [6, 6.07) is 3.85. The second-order valence-electron chi connectivity index (χ2n) is 4.84. The number of hydrogen-bond acceptors (Lipinski definition) is 3. The van der Waals surface area contributed by atoms with Gasteiger partial charge in [0.15, 0.2) is 0 Å². The summed E-state index contributed by atoms with van der Waals surface area (Å²) in [6.45, 7) is 1.41. The van der Waals surface area contributed by atoms with Gasteiger partial charge in [-0.3, -0.25) is 0 Å². The summed E-state index contributed by atoms with van der Waals surface area (Å²) in [4.78, 5) is -0.0454. The minimum absolute atomic E-state index is 0.0454. The third-order valence-corrected chi connectivity index (χ3v) is 5.50. The summed E-state index contributed by atoms with van der Waals surface area (Å²) in [7, 11) is -3.73. The normalized spacial score (nSPS) is 16.6. The first-order valence-electron chi connectivity index (χ1n) is 6.35. The van der Waals surface area contributed by atoms with Crippen molar-refractivity contribution in [1.82, 2.24) is 4.31 Å². The largest absolute Gasteiger partial charge is 0.395 e. The number of aliphatic hydroxyl groups is 1. The Bertz CT molecular complexity index is 555. The number of hydrogen-bond donors (Lipinski definition) is 1. The lowest BCUT2D eigenvalue weighted by molar-refractivity contribution is 0.178. The number of rotatable bonds is 5. The third kappa shape index (κ3) is 2.80. The lowest BCUT2D eigenvalue weighted by Crippen LogP contribution is -2.45. The smallest absolute Gasteiger partial charge is 0.243 e. The highest BCUT2D eigenvalue weighted by molar-refractivity contribution is 7.89. The Hall–Kier alpha value is -0.980. The van der Waals surface area contributed by atoms with E-state index >= 15 is 0 Å². The van der Waals surface area contributed by atoms with Crippen LogP contribution in [-0.4, -0.2) is 37.0 Å². The van der Waals surface area contributed by atoms with Gasteiger partial charge < -0.3 is 5.11 Å². The molecule has 0 bridgehead atoms. The summed E-state index contributed by atoms with van der Waals surface area (Å²) < 4.78 is 39.8. The van der Waals surface area contributed by atoms with Crippen LogP contribution < -0.4 is 0 Å². The summed E-state index contributed by atoms with van der Waals surface area (Å²) in [5.74, 6) is -0.529. The zero-order valence-electron chi connectivity index (χ0n) is 10.8. The molecule has 6 heteroatoms. The van der Waals surface area contributed by atoms with Crippen LogP contribution in [0.15, 0.2) is 23.1 Å². The van der Waals surface area contributed by atoms with Crippen molar-refractivity contribution in [3.63, 3.8) is 0 Å². The molecule has 1 aromatic rings. The van der Waals surface area contributed by atoms with E-state index in [1.165, 1.54) is 16.4 Å². The van der Waals surface area contributed by atoms with Crippen molar-refractivity contribution in [2.75, 3.05) is 13.2 Å². The van der Waals surface area contributed by atoms with Gasteiger partial charge in [0, 0.05) is 12.6 Å². The Kier molecular flexibility index (Phi) is 4.23. The second-order valence-corrected chi connectivity index (χ2v) is 6.73. The average Bonchev–Trinajstić information content (AvgIpc) is 2.29. The lowest BCUT2D eigenvalue weighted by Gasteiger charge is -2.36. The number of benzene rings is 1. The van der Waals surface area contributed by atoms with Crippen LogP contribution >= 0.6 is 0 Å². The number of aryl methyl sites for hydroxylation is 1. The topological polar surface area (TPSA) is 57.6 Å². The zero-order valence-corrected chi connectivity index (χ0v) is 11.7. The Morgan fingerprint density at radius 1 is 1.42 bits per heavy atom. The fourth-order valence-electron chi connectivity index (χ4n) is 2.14. The van der Waals surface area contributed by atoms with Gasteiger partial charge in [-0.2, -0.15) is 4.31 Å². The number of halogens is 1. The molecule has 0 aromatic heterocycles. The summed E-state index contributed by atoms with van der Waals surface area (Å²) in [6.07, 6.45) is 2.59. The molecule has 0 amide bonds. The minimum Gasteiger partial charge on any atom is -0.395 e.